The van der Waals surface area contributed by atoms with Gasteiger partial charge in [-0.25, -0.2) is 0 Å². The van der Waals surface area contributed by atoms with Gasteiger partial charge in [-0.15, -0.1) is 0 Å². The highest BCUT2D eigenvalue weighted by Gasteiger charge is 2.53. The van der Waals surface area contributed by atoms with Crippen molar-refractivity contribution in [1.82, 2.24) is 0 Å². The summed E-state index contributed by atoms with van der Waals surface area (Å²) in [5.41, 5.74) is 0. The minimum atomic E-state index is -1.95. The zero-order valence-electron chi connectivity index (χ0n) is 23.5. The predicted octanol–water partition coefficient (Wildman–Crippen LogP) is -9.75. The van der Waals surface area contributed by atoms with E-state index in [-0.39, 0.29) is 0 Å². The third kappa shape index (κ3) is 7.59. The largest absolute Gasteiger partial charge is 0.394 e. The van der Waals surface area contributed by atoms with Crippen LogP contribution in [0.15, 0.2) is 0 Å². The zero-order valence-corrected chi connectivity index (χ0v) is 23.5. The molecule has 0 radical (unpaired) electrons. The molecule has 4 aliphatic heterocycles. The SMILES string of the molecule is OC[C@H]1O[C@@H](O[C@H]2[C@@H](O)[C@@H](CO)O[C@@H](OC[C@H]3O[C@@H](O[C@H]4[C@H](O)[C@@H](O)[C@H](O)O[C@@H]4CO)[C@H](O)[C@@H](O)[C@H]3O)[C@@H]2O)[C@H](O)[C@@H](O)[C@H]1O. The summed E-state index contributed by atoms with van der Waals surface area (Å²) >= 11 is 0. The third-order valence-electron chi connectivity index (χ3n) is 8.19. The van der Waals surface area contributed by atoms with Crippen LogP contribution in [-0.2, 0) is 33.2 Å². The highest BCUT2D eigenvalue weighted by Crippen LogP contribution is 2.32. The molecule has 4 aliphatic rings. The Morgan fingerprint density at radius 2 is 0.844 bits per heavy atom. The molecule has 0 aromatic heterocycles. The van der Waals surface area contributed by atoms with Gasteiger partial charge in [0.25, 0.3) is 0 Å². The minimum absolute atomic E-state index is 0.734. The van der Waals surface area contributed by atoms with Crippen molar-refractivity contribution in [3.63, 3.8) is 0 Å². The standard InChI is InChI=1S/C24H42O21/c25-1-5-9(28)12(31)16(35)23(42-5)45-20-11(30)6(2-26)41-22(18(20)37)39-4-8-10(29)13(32)17(36)24(43-8)44-19-7(3-27)40-21(38)15(34)14(19)33/h5-38H,1-4H2/t5-,6-,7-,8-,9+,10+,11+,12+,13+,14-,15-,16-,17-,18-,19-,20+,21-,22-,23+,24+/m1/s1. The van der Waals surface area contributed by atoms with Gasteiger partial charge in [-0.2, -0.15) is 0 Å². The van der Waals surface area contributed by atoms with Crippen LogP contribution in [0.5, 0.6) is 0 Å². The van der Waals surface area contributed by atoms with Gasteiger partial charge in [-0.3, -0.25) is 0 Å². The van der Waals surface area contributed by atoms with E-state index < -0.39 is 149 Å². The van der Waals surface area contributed by atoms with Crippen LogP contribution in [0.25, 0.3) is 0 Å². The molecule has 4 saturated heterocycles. The number of aliphatic hydroxyl groups excluding tert-OH is 14. The highest BCUT2D eigenvalue weighted by atomic mass is 16.8. The van der Waals surface area contributed by atoms with E-state index in [1.807, 2.05) is 0 Å². The zero-order chi connectivity index (χ0) is 33.3. The van der Waals surface area contributed by atoms with Crippen molar-refractivity contribution in [2.75, 3.05) is 26.4 Å². The van der Waals surface area contributed by atoms with Crippen LogP contribution in [0.4, 0.5) is 0 Å². The van der Waals surface area contributed by atoms with Crippen molar-refractivity contribution in [1.29, 1.82) is 0 Å². The van der Waals surface area contributed by atoms with E-state index in [1.54, 1.807) is 0 Å². The maximum atomic E-state index is 10.9. The summed E-state index contributed by atoms with van der Waals surface area (Å²) in [6.07, 6.45) is -35.1. The molecule has 0 aromatic rings. The quantitative estimate of drug-likeness (QED) is 0.103. The molecule has 0 saturated carbocycles. The summed E-state index contributed by atoms with van der Waals surface area (Å²) < 4.78 is 37.6. The first-order valence-electron chi connectivity index (χ1n) is 14.1. The Balaban J connectivity index is 1.44. The van der Waals surface area contributed by atoms with Crippen LogP contribution < -0.4 is 0 Å². The molecule has 0 amide bonds. The molecule has 4 fully saturated rings. The number of ether oxygens (including phenoxy) is 7. The molecule has 0 spiro atoms. The van der Waals surface area contributed by atoms with Gasteiger partial charge in [0, 0.05) is 0 Å². The van der Waals surface area contributed by atoms with E-state index in [0.29, 0.717) is 0 Å². The molecule has 14 N–H and O–H groups in total. The van der Waals surface area contributed by atoms with E-state index in [2.05, 4.69) is 0 Å². The second kappa shape index (κ2) is 15.6. The van der Waals surface area contributed by atoms with Gasteiger partial charge in [-0.1, -0.05) is 0 Å². The first-order chi connectivity index (χ1) is 21.2. The molecule has 0 aromatic carbocycles. The summed E-state index contributed by atoms with van der Waals surface area (Å²) in [6.45, 7) is -3.18. The van der Waals surface area contributed by atoms with Crippen molar-refractivity contribution >= 4 is 0 Å². The number of hydrogen-bond donors (Lipinski definition) is 14. The number of rotatable bonds is 10. The molecule has 264 valence electrons. The first-order valence-corrected chi connectivity index (χ1v) is 14.1. The van der Waals surface area contributed by atoms with E-state index in [9.17, 15) is 71.5 Å². The molecule has 4 heterocycles. The van der Waals surface area contributed by atoms with Gasteiger partial charge in [0.15, 0.2) is 25.2 Å². The lowest BCUT2D eigenvalue weighted by molar-refractivity contribution is -0.372. The smallest absolute Gasteiger partial charge is 0.187 e. The van der Waals surface area contributed by atoms with E-state index in [1.165, 1.54) is 0 Å². The number of hydrogen-bond acceptors (Lipinski definition) is 21. The molecule has 21 heteroatoms. The van der Waals surface area contributed by atoms with Crippen molar-refractivity contribution in [2.24, 2.45) is 0 Å². The second-order valence-corrected chi connectivity index (χ2v) is 11.2. The molecule has 4 rings (SSSR count). The normalized spacial score (nSPS) is 52.9. The Morgan fingerprint density at radius 1 is 0.378 bits per heavy atom. The van der Waals surface area contributed by atoms with E-state index in [0.717, 1.165) is 0 Å². The van der Waals surface area contributed by atoms with E-state index in [4.69, 9.17) is 33.2 Å². The summed E-state index contributed by atoms with van der Waals surface area (Å²) in [4.78, 5) is 0. The maximum absolute atomic E-state index is 10.9. The van der Waals surface area contributed by atoms with E-state index >= 15 is 0 Å². The Kier molecular flexibility index (Phi) is 12.8. The number of aliphatic hydroxyl groups is 14. The third-order valence-corrected chi connectivity index (χ3v) is 8.19. The second-order valence-electron chi connectivity index (χ2n) is 11.2. The molecule has 0 unspecified atom stereocenters. The fourth-order valence-electron chi connectivity index (χ4n) is 5.43. The maximum Gasteiger partial charge on any atom is 0.187 e. The molecule has 0 aliphatic carbocycles. The highest BCUT2D eigenvalue weighted by molar-refractivity contribution is 4.96. The van der Waals surface area contributed by atoms with Crippen molar-refractivity contribution in [3.05, 3.63) is 0 Å². The summed E-state index contributed by atoms with van der Waals surface area (Å²) in [7, 11) is 0. The Bertz CT molecular complexity index is 914. The minimum Gasteiger partial charge on any atom is -0.394 e. The van der Waals surface area contributed by atoms with Crippen LogP contribution >= 0.6 is 0 Å². The lowest BCUT2D eigenvalue weighted by Crippen LogP contribution is -2.65. The summed E-state index contributed by atoms with van der Waals surface area (Å²) in [5.74, 6) is 0. The van der Waals surface area contributed by atoms with Crippen LogP contribution in [0.1, 0.15) is 0 Å². The summed E-state index contributed by atoms with van der Waals surface area (Å²) in [5, 5.41) is 142. The van der Waals surface area contributed by atoms with Crippen LogP contribution in [0.3, 0.4) is 0 Å². The summed E-state index contributed by atoms with van der Waals surface area (Å²) in [6, 6.07) is 0. The molecule has 0 bridgehead atoms. The Hall–Kier alpha value is -0.840. The Labute approximate surface area is 254 Å². The molecule has 45 heavy (non-hydrogen) atoms. The monoisotopic (exact) mass is 666 g/mol. The molecular weight excluding hydrogens is 624 g/mol. The van der Waals surface area contributed by atoms with Gasteiger partial charge < -0.3 is 105 Å². The fraction of sp³-hybridized carbons (Fsp3) is 1.00. The van der Waals surface area contributed by atoms with Crippen LogP contribution in [-0.4, -0.2) is 221 Å². The van der Waals surface area contributed by atoms with Crippen molar-refractivity contribution < 1.29 is 105 Å². The molecule has 20 atom stereocenters. The lowest BCUT2D eigenvalue weighted by atomic mass is 9.96. The Morgan fingerprint density at radius 3 is 1.40 bits per heavy atom. The average molecular weight is 667 g/mol. The fourth-order valence-corrected chi connectivity index (χ4v) is 5.43. The van der Waals surface area contributed by atoms with Crippen LogP contribution in [0.2, 0.25) is 0 Å². The first kappa shape index (κ1) is 37.0. The van der Waals surface area contributed by atoms with Gasteiger partial charge in [0.05, 0.1) is 26.4 Å². The van der Waals surface area contributed by atoms with Gasteiger partial charge in [-0.05, 0) is 0 Å². The predicted molar refractivity (Wildman–Crippen MR) is 134 cm³/mol. The lowest BCUT2D eigenvalue weighted by Gasteiger charge is -2.47. The van der Waals surface area contributed by atoms with Gasteiger partial charge >= 0.3 is 0 Å². The molecule has 21 nitrogen and oxygen atoms in total. The van der Waals surface area contributed by atoms with Crippen molar-refractivity contribution in [2.45, 2.75) is 123 Å². The topological polar surface area (TPSA) is 348 Å². The average Bonchev–Trinajstić information content (AvgIpc) is 3.03. The van der Waals surface area contributed by atoms with Gasteiger partial charge in [0.1, 0.15) is 97.7 Å². The van der Waals surface area contributed by atoms with Crippen molar-refractivity contribution in [3.8, 4) is 0 Å². The van der Waals surface area contributed by atoms with Gasteiger partial charge in [0.2, 0.25) is 0 Å². The molecular formula is C24H42O21. The van der Waals surface area contributed by atoms with Crippen LogP contribution in [0, 0.1) is 0 Å².